The van der Waals surface area contributed by atoms with Gasteiger partial charge in [-0.1, -0.05) is 48.5 Å². The number of aliphatic hydroxyl groups is 1. The Bertz CT molecular complexity index is 543. The maximum atomic E-state index is 11.8. The van der Waals surface area contributed by atoms with E-state index in [1.54, 1.807) is 19.1 Å². The van der Waals surface area contributed by atoms with Crippen molar-refractivity contribution < 1.29 is 9.90 Å². The lowest BCUT2D eigenvalue weighted by Crippen LogP contribution is -2.39. The van der Waals surface area contributed by atoms with E-state index in [1.165, 1.54) is 0 Å². The summed E-state index contributed by atoms with van der Waals surface area (Å²) < 4.78 is 0. The molecule has 0 aliphatic carbocycles. The van der Waals surface area contributed by atoms with E-state index in [0.29, 0.717) is 5.69 Å². The fraction of sp³-hybridized carbons (Fsp3) is 0.188. The van der Waals surface area contributed by atoms with Gasteiger partial charge in [0.2, 0.25) is 0 Å². The number of amides is 2. The Balaban J connectivity index is 1.91. The molecule has 3 N–H and O–H groups in total. The van der Waals surface area contributed by atoms with E-state index in [0.717, 1.165) is 5.56 Å². The van der Waals surface area contributed by atoms with Crippen molar-refractivity contribution in [1.29, 1.82) is 0 Å². The van der Waals surface area contributed by atoms with Gasteiger partial charge >= 0.3 is 6.03 Å². The minimum absolute atomic E-state index is 0.335. The number of nitrogens with one attached hydrogen (secondary N) is 2. The molecule has 0 saturated heterocycles. The van der Waals surface area contributed by atoms with Gasteiger partial charge in [0.15, 0.2) is 0 Å². The molecule has 0 bridgehead atoms. The minimum Gasteiger partial charge on any atom is -0.386 e. The van der Waals surface area contributed by atoms with Crippen LogP contribution >= 0.6 is 0 Å². The first kappa shape index (κ1) is 14.1. The van der Waals surface area contributed by atoms with Crippen molar-refractivity contribution >= 4 is 11.7 Å². The first-order valence-electron chi connectivity index (χ1n) is 6.52. The highest BCUT2D eigenvalue weighted by Gasteiger charge is 2.17. The number of rotatable bonds is 4. The molecule has 0 saturated carbocycles. The number of carbonyl (C=O) groups is 1. The molecule has 2 atom stereocenters. The van der Waals surface area contributed by atoms with E-state index in [1.807, 2.05) is 48.5 Å². The van der Waals surface area contributed by atoms with Crippen LogP contribution in [0.25, 0.3) is 0 Å². The summed E-state index contributed by atoms with van der Waals surface area (Å²) in [7, 11) is 0. The molecule has 2 amide bonds. The Morgan fingerprint density at radius 1 is 1.00 bits per heavy atom. The molecular formula is C16H18N2O2. The second kappa shape index (κ2) is 6.73. The molecule has 2 aromatic carbocycles. The van der Waals surface area contributed by atoms with Crippen molar-refractivity contribution in [3.05, 3.63) is 66.2 Å². The summed E-state index contributed by atoms with van der Waals surface area (Å²) >= 11 is 0. The number of benzene rings is 2. The Labute approximate surface area is 118 Å². The molecule has 104 valence electrons. The average Bonchev–Trinajstić information content (AvgIpc) is 2.48. The molecule has 0 spiro atoms. The van der Waals surface area contributed by atoms with Crippen molar-refractivity contribution in [2.45, 2.75) is 19.1 Å². The molecule has 4 heteroatoms. The maximum absolute atomic E-state index is 11.8. The molecular weight excluding hydrogens is 252 g/mol. The molecule has 0 heterocycles. The maximum Gasteiger partial charge on any atom is 0.319 e. The van der Waals surface area contributed by atoms with Gasteiger partial charge in [0.25, 0.3) is 0 Å². The third-order valence-electron chi connectivity index (χ3n) is 3.01. The number of aliphatic hydroxyl groups excluding tert-OH is 1. The summed E-state index contributed by atoms with van der Waals surface area (Å²) in [6.45, 7) is 1.77. The van der Waals surface area contributed by atoms with Crippen molar-refractivity contribution in [3.63, 3.8) is 0 Å². The normalized spacial score (nSPS) is 13.3. The van der Waals surface area contributed by atoms with E-state index in [9.17, 15) is 9.90 Å². The standard InChI is InChI=1S/C16H18N2O2/c1-12(15(19)13-8-4-2-5-9-13)17-16(20)18-14-10-6-3-7-11-14/h2-12,15,19H,1H3,(H2,17,18,20)/t12-,15+/m1/s1. The molecule has 0 aliphatic rings. The van der Waals surface area contributed by atoms with Gasteiger partial charge in [0, 0.05) is 5.69 Å². The number of urea groups is 1. The van der Waals surface area contributed by atoms with Crippen LogP contribution < -0.4 is 10.6 Å². The number of para-hydroxylation sites is 1. The zero-order chi connectivity index (χ0) is 14.4. The summed E-state index contributed by atoms with van der Waals surface area (Å²) in [6, 6.07) is 17.7. The first-order valence-corrected chi connectivity index (χ1v) is 6.52. The monoisotopic (exact) mass is 270 g/mol. The van der Waals surface area contributed by atoms with Gasteiger partial charge < -0.3 is 15.7 Å². The van der Waals surface area contributed by atoms with E-state index in [4.69, 9.17) is 0 Å². The summed E-state index contributed by atoms with van der Waals surface area (Å²) in [5.41, 5.74) is 1.49. The SMILES string of the molecule is C[C@@H](NC(=O)Nc1ccccc1)[C@H](O)c1ccccc1. The van der Waals surface area contributed by atoms with Gasteiger partial charge in [-0.15, -0.1) is 0 Å². The second-order valence-electron chi connectivity index (χ2n) is 4.61. The molecule has 0 fully saturated rings. The van der Waals surface area contributed by atoms with Crippen molar-refractivity contribution in [1.82, 2.24) is 5.32 Å². The largest absolute Gasteiger partial charge is 0.386 e. The van der Waals surface area contributed by atoms with Gasteiger partial charge in [-0.05, 0) is 24.6 Å². The molecule has 0 aromatic heterocycles. The van der Waals surface area contributed by atoms with E-state index in [2.05, 4.69) is 10.6 Å². The molecule has 4 nitrogen and oxygen atoms in total. The zero-order valence-electron chi connectivity index (χ0n) is 11.3. The number of hydrogen-bond acceptors (Lipinski definition) is 2. The van der Waals surface area contributed by atoms with Crippen LogP contribution in [0.2, 0.25) is 0 Å². The molecule has 0 unspecified atom stereocenters. The Morgan fingerprint density at radius 2 is 1.55 bits per heavy atom. The van der Waals surface area contributed by atoms with Crippen molar-refractivity contribution in [2.24, 2.45) is 0 Å². The van der Waals surface area contributed by atoms with Crippen molar-refractivity contribution in [3.8, 4) is 0 Å². The van der Waals surface area contributed by atoms with Gasteiger partial charge in [0.05, 0.1) is 12.1 Å². The smallest absolute Gasteiger partial charge is 0.319 e. The molecule has 20 heavy (non-hydrogen) atoms. The number of anilines is 1. The molecule has 2 rings (SSSR count). The lowest BCUT2D eigenvalue weighted by Gasteiger charge is -2.20. The number of carbonyl (C=O) groups excluding carboxylic acids is 1. The highest BCUT2D eigenvalue weighted by Crippen LogP contribution is 2.16. The van der Waals surface area contributed by atoms with Crippen LogP contribution in [0.15, 0.2) is 60.7 Å². The van der Waals surface area contributed by atoms with Gasteiger partial charge in [-0.25, -0.2) is 4.79 Å². The van der Waals surface area contributed by atoms with Crippen LogP contribution in [0.3, 0.4) is 0 Å². The molecule has 0 aliphatic heterocycles. The van der Waals surface area contributed by atoms with Crippen LogP contribution in [0.1, 0.15) is 18.6 Å². The quantitative estimate of drug-likeness (QED) is 0.800. The first-order chi connectivity index (χ1) is 9.66. The lowest BCUT2D eigenvalue weighted by molar-refractivity contribution is 0.139. The summed E-state index contributed by atoms with van der Waals surface area (Å²) in [6.07, 6.45) is -0.738. The summed E-state index contributed by atoms with van der Waals surface area (Å²) in [4.78, 5) is 11.8. The minimum atomic E-state index is -0.738. The summed E-state index contributed by atoms with van der Waals surface area (Å²) in [5.74, 6) is 0. The third kappa shape index (κ3) is 3.83. The zero-order valence-corrected chi connectivity index (χ0v) is 11.3. The topological polar surface area (TPSA) is 61.4 Å². The third-order valence-corrected chi connectivity index (χ3v) is 3.01. The highest BCUT2D eigenvalue weighted by atomic mass is 16.3. The number of hydrogen-bond donors (Lipinski definition) is 3. The predicted molar refractivity (Wildman–Crippen MR) is 79.5 cm³/mol. The van der Waals surface area contributed by atoms with Crippen LogP contribution in [0.4, 0.5) is 10.5 Å². The fourth-order valence-electron chi connectivity index (χ4n) is 1.91. The average molecular weight is 270 g/mol. The van der Waals surface area contributed by atoms with Crippen LogP contribution in [0, 0.1) is 0 Å². The Kier molecular flexibility index (Phi) is 4.74. The van der Waals surface area contributed by atoms with E-state index in [-0.39, 0.29) is 12.1 Å². The fourth-order valence-corrected chi connectivity index (χ4v) is 1.91. The van der Waals surface area contributed by atoms with Crippen molar-refractivity contribution in [2.75, 3.05) is 5.32 Å². The predicted octanol–water partition coefficient (Wildman–Crippen LogP) is 2.93. The van der Waals surface area contributed by atoms with Gasteiger partial charge in [-0.2, -0.15) is 0 Å². The summed E-state index contributed by atoms with van der Waals surface area (Å²) in [5, 5.41) is 15.6. The van der Waals surface area contributed by atoms with Crippen LogP contribution in [0.5, 0.6) is 0 Å². The molecule has 0 radical (unpaired) electrons. The van der Waals surface area contributed by atoms with Crippen LogP contribution in [-0.4, -0.2) is 17.2 Å². The molecule has 2 aromatic rings. The van der Waals surface area contributed by atoms with E-state index >= 15 is 0 Å². The Morgan fingerprint density at radius 3 is 2.15 bits per heavy atom. The highest BCUT2D eigenvalue weighted by molar-refractivity contribution is 5.89. The van der Waals surface area contributed by atoms with Gasteiger partial charge in [0.1, 0.15) is 0 Å². The van der Waals surface area contributed by atoms with Crippen LogP contribution in [-0.2, 0) is 0 Å². The Hall–Kier alpha value is -2.33. The lowest BCUT2D eigenvalue weighted by atomic mass is 10.0. The second-order valence-corrected chi connectivity index (χ2v) is 4.61. The van der Waals surface area contributed by atoms with Gasteiger partial charge in [-0.3, -0.25) is 0 Å². The van der Waals surface area contributed by atoms with E-state index < -0.39 is 6.10 Å².